The first-order chi connectivity index (χ1) is 9.11. The third kappa shape index (κ3) is 2.65. The quantitative estimate of drug-likeness (QED) is 0.642. The van der Waals surface area contributed by atoms with Crippen LogP contribution in [-0.4, -0.2) is 17.6 Å². The molecule has 1 fully saturated rings. The largest absolute Gasteiger partial charge is 0.324 e. The van der Waals surface area contributed by atoms with Crippen molar-refractivity contribution < 1.29 is 14.4 Å². The molecule has 1 saturated carbocycles. The monoisotopic (exact) mass is 258 g/mol. The molecule has 98 valence electrons. The van der Waals surface area contributed by atoms with Crippen LogP contribution in [0.2, 0.25) is 0 Å². The summed E-state index contributed by atoms with van der Waals surface area (Å²) in [6, 6.07) is 5.00. The van der Waals surface area contributed by atoms with E-state index in [0.717, 1.165) is 12.8 Å². The highest BCUT2D eigenvalue weighted by atomic mass is 16.2. The highest BCUT2D eigenvalue weighted by Crippen LogP contribution is 2.34. The summed E-state index contributed by atoms with van der Waals surface area (Å²) in [6.45, 7) is 0. The van der Waals surface area contributed by atoms with Crippen molar-refractivity contribution in [3.63, 3.8) is 0 Å². The van der Waals surface area contributed by atoms with Crippen LogP contribution in [0.15, 0.2) is 18.2 Å². The minimum atomic E-state index is -0.358. The highest BCUT2D eigenvalue weighted by molar-refractivity contribution is 6.14. The van der Waals surface area contributed by atoms with Gasteiger partial charge in [0.1, 0.15) is 6.42 Å². The van der Waals surface area contributed by atoms with E-state index in [0.29, 0.717) is 29.3 Å². The van der Waals surface area contributed by atoms with E-state index in [1.165, 1.54) is 0 Å². The van der Waals surface area contributed by atoms with E-state index in [-0.39, 0.29) is 24.0 Å². The number of hydrogen-bond acceptors (Lipinski definition) is 3. The van der Waals surface area contributed by atoms with Gasteiger partial charge in [0, 0.05) is 12.0 Å². The Morgan fingerprint density at radius 3 is 2.47 bits per heavy atom. The second kappa shape index (κ2) is 4.50. The van der Waals surface area contributed by atoms with Gasteiger partial charge in [-0.05, 0) is 37.0 Å². The maximum atomic E-state index is 12.0. The van der Waals surface area contributed by atoms with Gasteiger partial charge in [-0.1, -0.05) is 0 Å². The first-order valence-corrected chi connectivity index (χ1v) is 6.39. The SMILES string of the molecule is O=C1CC(=O)Nc2cc(C(=O)CC3CC3)ccc2N1. The lowest BCUT2D eigenvalue weighted by Crippen LogP contribution is -2.16. The molecule has 1 aromatic rings. The summed E-state index contributed by atoms with van der Waals surface area (Å²) in [4.78, 5) is 34.9. The zero-order chi connectivity index (χ0) is 13.4. The summed E-state index contributed by atoms with van der Waals surface area (Å²) in [5.74, 6) is -0.0768. The predicted molar refractivity (Wildman–Crippen MR) is 70.0 cm³/mol. The van der Waals surface area contributed by atoms with Gasteiger partial charge in [-0.15, -0.1) is 0 Å². The molecule has 0 aromatic heterocycles. The number of anilines is 2. The second-order valence-electron chi connectivity index (χ2n) is 5.10. The minimum Gasteiger partial charge on any atom is -0.324 e. The Morgan fingerprint density at radius 2 is 1.79 bits per heavy atom. The van der Waals surface area contributed by atoms with Gasteiger partial charge in [0.15, 0.2) is 5.78 Å². The molecule has 1 heterocycles. The van der Waals surface area contributed by atoms with E-state index in [4.69, 9.17) is 0 Å². The van der Waals surface area contributed by atoms with Crippen molar-refractivity contribution >= 4 is 29.0 Å². The molecular formula is C14H14N2O3. The van der Waals surface area contributed by atoms with Crippen LogP contribution in [0.3, 0.4) is 0 Å². The molecule has 19 heavy (non-hydrogen) atoms. The fourth-order valence-electron chi connectivity index (χ4n) is 2.17. The van der Waals surface area contributed by atoms with Crippen molar-refractivity contribution in [1.82, 2.24) is 0 Å². The molecule has 0 unspecified atom stereocenters. The van der Waals surface area contributed by atoms with Crippen LogP contribution >= 0.6 is 0 Å². The average Bonchev–Trinajstić information content (AvgIpc) is 3.14. The van der Waals surface area contributed by atoms with Gasteiger partial charge in [0.25, 0.3) is 0 Å². The van der Waals surface area contributed by atoms with Crippen molar-refractivity contribution in [3.05, 3.63) is 23.8 Å². The number of benzene rings is 1. The zero-order valence-corrected chi connectivity index (χ0v) is 10.4. The molecule has 0 spiro atoms. The van der Waals surface area contributed by atoms with Crippen LogP contribution in [0, 0.1) is 5.92 Å². The van der Waals surface area contributed by atoms with Crippen LogP contribution < -0.4 is 10.6 Å². The van der Waals surface area contributed by atoms with Crippen molar-refractivity contribution in [1.29, 1.82) is 0 Å². The standard InChI is InChI=1S/C14H14N2O3/c17-12(5-8-1-2-8)9-3-4-10-11(6-9)16-14(19)7-13(18)15-10/h3-4,6,8H,1-2,5,7H2,(H,15,18)(H,16,19). The Balaban J connectivity index is 1.87. The lowest BCUT2D eigenvalue weighted by Gasteiger charge is -2.09. The number of fused-ring (bicyclic) bond motifs is 1. The Hall–Kier alpha value is -2.17. The van der Waals surface area contributed by atoms with Crippen molar-refractivity contribution in [3.8, 4) is 0 Å². The molecule has 2 amide bonds. The summed E-state index contributed by atoms with van der Waals surface area (Å²) in [6.07, 6.45) is 2.63. The van der Waals surface area contributed by atoms with Gasteiger partial charge in [-0.2, -0.15) is 0 Å². The van der Waals surface area contributed by atoms with Gasteiger partial charge in [-0.3, -0.25) is 14.4 Å². The van der Waals surface area contributed by atoms with Crippen molar-refractivity contribution in [2.75, 3.05) is 10.6 Å². The number of carbonyl (C=O) groups is 3. The number of rotatable bonds is 3. The number of amides is 2. The van der Waals surface area contributed by atoms with Crippen LogP contribution in [0.25, 0.3) is 0 Å². The molecule has 5 heteroatoms. The van der Waals surface area contributed by atoms with Crippen LogP contribution in [0.1, 0.15) is 36.0 Å². The molecule has 0 saturated heterocycles. The Bertz CT molecular complexity index is 576. The minimum absolute atomic E-state index is 0.0927. The average molecular weight is 258 g/mol. The molecule has 1 aliphatic heterocycles. The van der Waals surface area contributed by atoms with E-state index in [2.05, 4.69) is 10.6 Å². The third-order valence-corrected chi connectivity index (χ3v) is 3.38. The van der Waals surface area contributed by atoms with Gasteiger partial charge < -0.3 is 10.6 Å². The fraction of sp³-hybridized carbons (Fsp3) is 0.357. The molecule has 0 radical (unpaired) electrons. The van der Waals surface area contributed by atoms with Gasteiger partial charge in [-0.25, -0.2) is 0 Å². The van der Waals surface area contributed by atoms with E-state index in [9.17, 15) is 14.4 Å². The second-order valence-corrected chi connectivity index (χ2v) is 5.10. The van der Waals surface area contributed by atoms with Crippen LogP contribution in [0.5, 0.6) is 0 Å². The molecule has 3 rings (SSSR count). The molecule has 1 aliphatic carbocycles. The van der Waals surface area contributed by atoms with Crippen molar-refractivity contribution in [2.24, 2.45) is 5.92 Å². The summed E-state index contributed by atoms with van der Waals surface area (Å²) in [5, 5.41) is 5.28. The number of nitrogens with one attached hydrogen (secondary N) is 2. The molecule has 1 aromatic carbocycles. The maximum Gasteiger partial charge on any atom is 0.233 e. The maximum absolute atomic E-state index is 12.0. The Kier molecular flexibility index (Phi) is 2.81. The Labute approximate surface area is 110 Å². The van der Waals surface area contributed by atoms with E-state index >= 15 is 0 Å². The van der Waals surface area contributed by atoms with Gasteiger partial charge in [0.05, 0.1) is 11.4 Å². The Morgan fingerprint density at radius 1 is 1.11 bits per heavy atom. The molecule has 0 bridgehead atoms. The fourth-order valence-corrected chi connectivity index (χ4v) is 2.17. The van der Waals surface area contributed by atoms with E-state index < -0.39 is 0 Å². The van der Waals surface area contributed by atoms with Crippen LogP contribution in [0.4, 0.5) is 11.4 Å². The number of ketones is 1. The first kappa shape index (κ1) is 11.9. The third-order valence-electron chi connectivity index (χ3n) is 3.38. The molecule has 0 atom stereocenters. The zero-order valence-electron chi connectivity index (χ0n) is 10.4. The van der Waals surface area contributed by atoms with Crippen molar-refractivity contribution in [2.45, 2.75) is 25.7 Å². The topological polar surface area (TPSA) is 75.3 Å². The van der Waals surface area contributed by atoms with E-state index in [1.54, 1.807) is 18.2 Å². The molecule has 2 aliphatic rings. The smallest absolute Gasteiger partial charge is 0.233 e. The summed E-state index contributed by atoms with van der Waals surface area (Å²) >= 11 is 0. The predicted octanol–water partition coefficient (Wildman–Crippen LogP) is 1.95. The first-order valence-electron chi connectivity index (χ1n) is 6.39. The molecule has 2 N–H and O–H groups in total. The molecule has 5 nitrogen and oxygen atoms in total. The lowest BCUT2D eigenvalue weighted by atomic mass is 10.0. The summed E-state index contributed by atoms with van der Waals surface area (Å²) < 4.78 is 0. The number of Topliss-reactive ketones (excluding diaryl/α,β-unsaturated/α-hetero) is 1. The van der Waals surface area contributed by atoms with E-state index in [1.807, 2.05) is 0 Å². The normalized spacial score (nSPS) is 18.1. The van der Waals surface area contributed by atoms with Gasteiger partial charge in [0.2, 0.25) is 11.8 Å². The highest BCUT2D eigenvalue weighted by Gasteiger charge is 2.26. The number of hydrogen-bond donors (Lipinski definition) is 2. The van der Waals surface area contributed by atoms with Gasteiger partial charge >= 0.3 is 0 Å². The summed E-state index contributed by atoms with van der Waals surface area (Å²) in [5.41, 5.74) is 1.62. The lowest BCUT2D eigenvalue weighted by molar-refractivity contribution is -0.123. The molecular weight excluding hydrogens is 244 g/mol. The summed E-state index contributed by atoms with van der Waals surface area (Å²) in [7, 11) is 0. The van der Waals surface area contributed by atoms with Crippen LogP contribution in [-0.2, 0) is 9.59 Å². The number of carbonyl (C=O) groups excluding carboxylic acids is 3.